The van der Waals surface area contributed by atoms with Crippen molar-refractivity contribution in [3.8, 4) is 0 Å². The van der Waals surface area contributed by atoms with Crippen LogP contribution in [0.1, 0.15) is 29.4 Å². The molecule has 0 unspecified atom stereocenters. The fourth-order valence-electron chi connectivity index (χ4n) is 1.12. The number of aromatic amines is 1. The van der Waals surface area contributed by atoms with Crippen LogP contribution in [0.15, 0.2) is 16.9 Å². The molecule has 3 N–H and O–H groups in total. The quantitative estimate of drug-likeness (QED) is 0.707. The molecular formula is C9H12N2O2. The fraction of sp³-hybridized carbons (Fsp3) is 0.333. The molecule has 1 aromatic rings. The van der Waals surface area contributed by atoms with Gasteiger partial charge in [0.05, 0.1) is 0 Å². The van der Waals surface area contributed by atoms with E-state index in [4.69, 9.17) is 5.73 Å². The average molecular weight is 180 g/mol. The minimum absolute atomic E-state index is 0.0138. The highest BCUT2D eigenvalue weighted by Gasteiger charge is 2.05. The van der Waals surface area contributed by atoms with Crippen LogP contribution in [0, 0.1) is 0 Å². The molecule has 0 aromatic carbocycles. The van der Waals surface area contributed by atoms with Gasteiger partial charge in [-0.05, 0) is 18.6 Å². The fourth-order valence-corrected chi connectivity index (χ4v) is 1.12. The predicted molar refractivity (Wildman–Crippen MR) is 49.6 cm³/mol. The Balaban J connectivity index is 3.06. The summed E-state index contributed by atoms with van der Waals surface area (Å²) in [6.07, 6.45) is 1.75. The molecule has 4 heteroatoms. The van der Waals surface area contributed by atoms with Gasteiger partial charge in [-0.1, -0.05) is 13.3 Å². The first-order chi connectivity index (χ1) is 6.15. The lowest BCUT2D eigenvalue weighted by Crippen LogP contribution is -2.23. The van der Waals surface area contributed by atoms with Crippen molar-refractivity contribution in [1.82, 2.24) is 4.98 Å². The van der Waals surface area contributed by atoms with Crippen LogP contribution in [0.3, 0.4) is 0 Å². The van der Waals surface area contributed by atoms with E-state index in [2.05, 4.69) is 4.98 Å². The molecule has 0 aliphatic carbocycles. The molecule has 0 spiro atoms. The van der Waals surface area contributed by atoms with Crippen LogP contribution < -0.4 is 11.3 Å². The Bertz CT molecular complexity index is 368. The maximum Gasteiger partial charge on any atom is 0.260 e. The number of aromatic nitrogens is 1. The van der Waals surface area contributed by atoms with Crippen molar-refractivity contribution in [3.63, 3.8) is 0 Å². The second kappa shape index (κ2) is 3.89. The number of pyridine rings is 1. The van der Waals surface area contributed by atoms with Crippen LogP contribution in [0.2, 0.25) is 0 Å². The zero-order valence-corrected chi connectivity index (χ0v) is 7.46. The summed E-state index contributed by atoms with van der Waals surface area (Å²) in [5.41, 5.74) is 5.42. The summed E-state index contributed by atoms with van der Waals surface area (Å²) in [5.74, 6) is -0.690. The summed E-state index contributed by atoms with van der Waals surface area (Å²) in [7, 11) is 0. The molecule has 0 saturated heterocycles. The first-order valence-corrected chi connectivity index (χ1v) is 4.17. The Labute approximate surface area is 75.8 Å². The number of nitrogens with one attached hydrogen (secondary N) is 1. The molecule has 0 aliphatic rings. The van der Waals surface area contributed by atoms with E-state index in [9.17, 15) is 9.59 Å². The molecule has 0 aliphatic heterocycles. The Morgan fingerprint density at radius 2 is 2.23 bits per heavy atom. The SMILES string of the molecule is CCCc1ccc(C(N)=O)c(=O)[nH]1. The number of H-pyrrole nitrogens is 1. The number of hydrogen-bond donors (Lipinski definition) is 2. The normalized spacial score (nSPS) is 9.92. The van der Waals surface area contributed by atoms with Gasteiger partial charge in [0.25, 0.3) is 11.5 Å². The van der Waals surface area contributed by atoms with E-state index in [1.54, 1.807) is 6.07 Å². The van der Waals surface area contributed by atoms with Gasteiger partial charge in [0.1, 0.15) is 5.56 Å². The Morgan fingerprint density at radius 1 is 1.54 bits per heavy atom. The van der Waals surface area contributed by atoms with Gasteiger partial charge in [0.2, 0.25) is 0 Å². The Hall–Kier alpha value is -1.58. The molecule has 0 radical (unpaired) electrons. The van der Waals surface area contributed by atoms with Crippen molar-refractivity contribution in [2.45, 2.75) is 19.8 Å². The van der Waals surface area contributed by atoms with Gasteiger partial charge in [-0.2, -0.15) is 0 Å². The monoisotopic (exact) mass is 180 g/mol. The molecule has 4 nitrogen and oxygen atoms in total. The molecular weight excluding hydrogens is 168 g/mol. The van der Waals surface area contributed by atoms with E-state index in [1.807, 2.05) is 6.92 Å². The van der Waals surface area contributed by atoms with Gasteiger partial charge in [-0.3, -0.25) is 9.59 Å². The second-order valence-electron chi connectivity index (χ2n) is 2.84. The van der Waals surface area contributed by atoms with Crippen LogP contribution in [0.4, 0.5) is 0 Å². The summed E-state index contributed by atoms with van der Waals surface area (Å²) in [4.78, 5) is 24.5. The lowest BCUT2D eigenvalue weighted by molar-refractivity contribution is 0.0999. The second-order valence-corrected chi connectivity index (χ2v) is 2.84. The largest absolute Gasteiger partial charge is 0.365 e. The van der Waals surface area contributed by atoms with E-state index in [0.717, 1.165) is 18.5 Å². The first kappa shape index (κ1) is 9.51. The highest BCUT2D eigenvalue weighted by atomic mass is 16.2. The molecule has 0 saturated carbocycles. The molecule has 1 rings (SSSR count). The van der Waals surface area contributed by atoms with Crippen molar-refractivity contribution >= 4 is 5.91 Å². The van der Waals surface area contributed by atoms with E-state index >= 15 is 0 Å². The summed E-state index contributed by atoms with van der Waals surface area (Å²) >= 11 is 0. The van der Waals surface area contributed by atoms with Gasteiger partial charge >= 0.3 is 0 Å². The van der Waals surface area contributed by atoms with Crippen molar-refractivity contribution in [3.05, 3.63) is 33.7 Å². The van der Waals surface area contributed by atoms with Gasteiger partial charge in [-0.25, -0.2) is 0 Å². The maximum absolute atomic E-state index is 11.2. The van der Waals surface area contributed by atoms with Gasteiger partial charge in [-0.15, -0.1) is 0 Å². The van der Waals surface area contributed by atoms with Crippen LogP contribution in [0.5, 0.6) is 0 Å². The molecule has 0 fully saturated rings. The highest BCUT2D eigenvalue weighted by Crippen LogP contribution is 1.97. The summed E-state index contributed by atoms with van der Waals surface area (Å²) in [5, 5.41) is 0. The van der Waals surface area contributed by atoms with Crippen LogP contribution in [0.25, 0.3) is 0 Å². The third-order valence-corrected chi connectivity index (χ3v) is 1.75. The zero-order chi connectivity index (χ0) is 9.84. The standard InChI is InChI=1S/C9H12N2O2/c1-2-3-6-4-5-7(8(10)12)9(13)11-6/h4-5H,2-3H2,1H3,(H2,10,12)(H,11,13). The Morgan fingerprint density at radius 3 is 2.69 bits per heavy atom. The molecule has 70 valence electrons. The summed E-state index contributed by atoms with van der Waals surface area (Å²) in [6, 6.07) is 3.18. The number of rotatable bonds is 3. The third kappa shape index (κ3) is 2.18. The summed E-state index contributed by atoms with van der Waals surface area (Å²) in [6.45, 7) is 2.01. The topological polar surface area (TPSA) is 76.0 Å². The van der Waals surface area contributed by atoms with Gasteiger partial charge < -0.3 is 10.7 Å². The van der Waals surface area contributed by atoms with E-state index in [-0.39, 0.29) is 5.56 Å². The number of carbonyl (C=O) groups is 1. The molecule has 1 heterocycles. The lowest BCUT2D eigenvalue weighted by atomic mass is 10.2. The van der Waals surface area contributed by atoms with Crippen molar-refractivity contribution in [1.29, 1.82) is 0 Å². The highest BCUT2D eigenvalue weighted by molar-refractivity contribution is 5.92. The summed E-state index contributed by atoms with van der Waals surface area (Å²) < 4.78 is 0. The minimum atomic E-state index is -0.690. The molecule has 13 heavy (non-hydrogen) atoms. The Kier molecular flexibility index (Phi) is 2.84. The lowest BCUT2D eigenvalue weighted by Gasteiger charge is -1.99. The zero-order valence-electron chi connectivity index (χ0n) is 7.46. The van der Waals surface area contributed by atoms with Gasteiger partial charge in [0.15, 0.2) is 0 Å². The van der Waals surface area contributed by atoms with Crippen LogP contribution >= 0.6 is 0 Å². The molecule has 0 bridgehead atoms. The van der Waals surface area contributed by atoms with E-state index in [1.165, 1.54) is 6.07 Å². The number of primary amides is 1. The van der Waals surface area contributed by atoms with Crippen molar-refractivity contribution in [2.24, 2.45) is 5.73 Å². The number of nitrogens with two attached hydrogens (primary N) is 1. The van der Waals surface area contributed by atoms with E-state index < -0.39 is 11.5 Å². The van der Waals surface area contributed by atoms with Crippen molar-refractivity contribution in [2.75, 3.05) is 0 Å². The molecule has 1 amide bonds. The first-order valence-electron chi connectivity index (χ1n) is 4.17. The predicted octanol–water partition coefficient (Wildman–Crippen LogP) is 0.426. The molecule has 0 atom stereocenters. The average Bonchev–Trinajstić information content (AvgIpc) is 2.04. The van der Waals surface area contributed by atoms with Crippen LogP contribution in [-0.4, -0.2) is 10.9 Å². The van der Waals surface area contributed by atoms with Crippen LogP contribution in [-0.2, 0) is 6.42 Å². The smallest absolute Gasteiger partial charge is 0.260 e. The van der Waals surface area contributed by atoms with E-state index in [0.29, 0.717) is 0 Å². The third-order valence-electron chi connectivity index (χ3n) is 1.75. The number of carbonyl (C=O) groups excluding carboxylic acids is 1. The number of aryl methyl sites for hydroxylation is 1. The number of hydrogen-bond acceptors (Lipinski definition) is 2. The van der Waals surface area contributed by atoms with Crippen molar-refractivity contribution < 1.29 is 4.79 Å². The van der Waals surface area contributed by atoms with Gasteiger partial charge in [0, 0.05) is 5.69 Å². The minimum Gasteiger partial charge on any atom is -0.365 e. The number of amides is 1. The molecule has 1 aromatic heterocycles. The maximum atomic E-state index is 11.2.